The van der Waals surface area contributed by atoms with Gasteiger partial charge in [0.25, 0.3) is 0 Å². The first-order chi connectivity index (χ1) is 13.6. The third-order valence-electron chi connectivity index (χ3n) is 4.16. The van der Waals surface area contributed by atoms with Crippen molar-refractivity contribution < 1.29 is 14.6 Å². The number of H-pyrrole nitrogens is 1. The van der Waals surface area contributed by atoms with Crippen molar-refractivity contribution in [2.24, 2.45) is 10.2 Å². The maximum atomic E-state index is 12.3. The third kappa shape index (κ3) is 3.45. The van der Waals surface area contributed by atoms with E-state index in [0.29, 0.717) is 17.4 Å². The van der Waals surface area contributed by atoms with Gasteiger partial charge in [0.1, 0.15) is 5.75 Å². The minimum Gasteiger partial charge on any atom is -0.497 e. The van der Waals surface area contributed by atoms with Crippen LogP contribution >= 0.6 is 0 Å². The smallest absolute Gasteiger partial charge is 0.317 e. The van der Waals surface area contributed by atoms with Crippen LogP contribution in [0.1, 0.15) is 16.1 Å². The second kappa shape index (κ2) is 7.31. The zero-order chi connectivity index (χ0) is 19.5. The summed E-state index contributed by atoms with van der Waals surface area (Å²) >= 11 is 0. The summed E-state index contributed by atoms with van der Waals surface area (Å²) in [6.07, 6.45) is 1.50. The number of carbonyl (C=O) groups is 1. The fourth-order valence-electron chi connectivity index (χ4n) is 2.75. The van der Waals surface area contributed by atoms with Gasteiger partial charge >= 0.3 is 5.91 Å². The molecule has 0 unspecified atom stereocenters. The molecule has 2 N–H and O–H groups in total. The second-order valence-electron chi connectivity index (χ2n) is 6.02. The number of aromatic nitrogens is 4. The van der Waals surface area contributed by atoms with Gasteiger partial charge in [-0.15, -0.1) is 15.3 Å². The summed E-state index contributed by atoms with van der Waals surface area (Å²) in [5.74, 6) is -0.0364. The number of amides is 1. The number of nitrogens with zero attached hydrogens (tertiary/aromatic N) is 5. The van der Waals surface area contributed by atoms with E-state index in [0.717, 1.165) is 11.3 Å². The molecule has 0 aliphatic rings. The Bertz CT molecular complexity index is 1160. The minimum absolute atomic E-state index is 0.0663. The molecule has 140 valence electrons. The highest BCUT2D eigenvalue weighted by molar-refractivity contribution is 5.95. The van der Waals surface area contributed by atoms with Crippen molar-refractivity contribution in [3.8, 4) is 11.6 Å². The molecule has 2 aromatic carbocycles. The monoisotopic (exact) mass is 376 g/mol. The van der Waals surface area contributed by atoms with E-state index in [-0.39, 0.29) is 17.3 Å². The van der Waals surface area contributed by atoms with Crippen molar-refractivity contribution in [3.63, 3.8) is 0 Å². The van der Waals surface area contributed by atoms with Crippen LogP contribution in [-0.2, 0) is 6.54 Å². The Labute approximate surface area is 159 Å². The van der Waals surface area contributed by atoms with Crippen LogP contribution in [0.15, 0.2) is 65.0 Å². The summed E-state index contributed by atoms with van der Waals surface area (Å²) < 4.78 is 6.66. The number of hydrogen-bond acceptors (Lipinski definition) is 6. The molecular formula is C19H16N6O3. The third-order valence-corrected chi connectivity index (χ3v) is 4.16. The lowest BCUT2D eigenvalue weighted by Crippen LogP contribution is -2.00. The lowest BCUT2D eigenvalue weighted by atomic mass is 10.2. The molecular weight excluding hydrogens is 360 g/mol. The maximum Gasteiger partial charge on any atom is 0.317 e. The quantitative estimate of drug-likeness (QED) is 0.517. The number of nitrogens with one attached hydrogen (secondary N) is 1. The molecule has 4 aromatic rings. The molecule has 1 amide bonds. The van der Waals surface area contributed by atoms with Gasteiger partial charge in [0.05, 0.1) is 25.4 Å². The fourth-order valence-corrected chi connectivity index (χ4v) is 2.75. The van der Waals surface area contributed by atoms with Crippen LogP contribution in [0.4, 0.5) is 5.69 Å². The number of aromatic amines is 1. The van der Waals surface area contributed by atoms with Crippen molar-refractivity contribution >= 4 is 22.5 Å². The summed E-state index contributed by atoms with van der Waals surface area (Å²) in [6, 6.07) is 14.7. The number of fused-ring (bicyclic) bond motifs is 1. The van der Waals surface area contributed by atoms with Gasteiger partial charge in [-0.3, -0.25) is 4.79 Å². The van der Waals surface area contributed by atoms with Gasteiger partial charge in [-0.1, -0.05) is 35.5 Å². The molecule has 0 bridgehead atoms. The molecule has 0 saturated carbocycles. The number of para-hydroxylation sites is 1. The molecule has 9 nitrogen and oxygen atoms in total. The molecule has 2 aromatic heterocycles. The van der Waals surface area contributed by atoms with Crippen LogP contribution in [0.3, 0.4) is 0 Å². The van der Waals surface area contributed by atoms with Gasteiger partial charge in [-0.2, -0.15) is 0 Å². The molecule has 4 rings (SSSR count). The van der Waals surface area contributed by atoms with E-state index in [4.69, 9.17) is 4.74 Å². The Morgan fingerprint density at radius 1 is 1.21 bits per heavy atom. The SMILES string of the molecule is COc1ccc(Cn2cc(C(=O)N=Nc3c(O)[nH]c4ccccc34)nn2)cc1. The lowest BCUT2D eigenvalue weighted by molar-refractivity contribution is 0.0990. The van der Waals surface area contributed by atoms with Crippen LogP contribution < -0.4 is 4.74 Å². The first-order valence-corrected chi connectivity index (χ1v) is 8.43. The van der Waals surface area contributed by atoms with Crippen LogP contribution in [0.5, 0.6) is 11.6 Å². The summed E-state index contributed by atoms with van der Waals surface area (Å²) in [5, 5.41) is 26.0. The van der Waals surface area contributed by atoms with E-state index in [1.54, 1.807) is 25.3 Å². The highest BCUT2D eigenvalue weighted by Crippen LogP contribution is 2.35. The Hall–Kier alpha value is -4.01. The molecule has 28 heavy (non-hydrogen) atoms. The molecule has 0 spiro atoms. The zero-order valence-corrected chi connectivity index (χ0v) is 14.9. The Morgan fingerprint density at radius 3 is 2.79 bits per heavy atom. The zero-order valence-electron chi connectivity index (χ0n) is 14.9. The summed E-state index contributed by atoms with van der Waals surface area (Å²) in [7, 11) is 1.61. The predicted molar refractivity (Wildman–Crippen MR) is 101 cm³/mol. The summed E-state index contributed by atoms with van der Waals surface area (Å²) in [4.78, 5) is 15.0. The van der Waals surface area contributed by atoms with Gasteiger partial charge < -0.3 is 14.8 Å². The highest BCUT2D eigenvalue weighted by Gasteiger charge is 2.13. The molecule has 0 radical (unpaired) electrons. The van der Waals surface area contributed by atoms with Gasteiger partial charge in [0, 0.05) is 5.39 Å². The van der Waals surface area contributed by atoms with Crippen molar-refractivity contribution in [2.45, 2.75) is 6.54 Å². The first-order valence-electron chi connectivity index (χ1n) is 8.43. The Morgan fingerprint density at radius 2 is 2.00 bits per heavy atom. The fraction of sp³-hybridized carbons (Fsp3) is 0.105. The number of hydrogen-bond donors (Lipinski definition) is 2. The van der Waals surface area contributed by atoms with Gasteiger partial charge in [0.2, 0.25) is 5.88 Å². The largest absolute Gasteiger partial charge is 0.497 e. The van der Waals surface area contributed by atoms with E-state index in [2.05, 4.69) is 25.5 Å². The number of azo groups is 1. The number of ether oxygens (including phenoxy) is 1. The predicted octanol–water partition coefficient (Wildman–Crippen LogP) is 3.45. The summed E-state index contributed by atoms with van der Waals surface area (Å²) in [5.41, 5.74) is 1.95. The number of carbonyl (C=O) groups excluding carboxylic acids is 1. The maximum absolute atomic E-state index is 12.3. The minimum atomic E-state index is -0.648. The van der Waals surface area contributed by atoms with E-state index >= 15 is 0 Å². The van der Waals surface area contributed by atoms with E-state index < -0.39 is 5.91 Å². The highest BCUT2D eigenvalue weighted by atomic mass is 16.5. The molecule has 0 aliphatic heterocycles. The van der Waals surface area contributed by atoms with Crippen LogP contribution in [-0.4, -0.2) is 38.1 Å². The van der Waals surface area contributed by atoms with E-state index in [1.807, 2.05) is 30.3 Å². The molecule has 2 heterocycles. The topological polar surface area (TPSA) is 118 Å². The normalized spacial score (nSPS) is 11.3. The van der Waals surface area contributed by atoms with Crippen molar-refractivity contribution in [1.29, 1.82) is 0 Å². The number of methoxy groups -OCH3 is 1. The number of aromatic hydroxyl groups is 1. The molecule has 0 fully saturated rings. The van der Waals surface area contributed by atoms with Gasteiger partial charge in [0.15, 0.2) is 11.4 Å². The van der Waals surface area contributed by atoms with Crippen LogP contribution in [0, 0.1) is 0 Å². The molecule has 9 heteroatoms. The number of rotatable bonds is 5. The number of benzene rings is 2. The van der Waals surface area contributed by atoms with Crippen molar-refractivity contribution in [1.82, 2.24) is 20.0 Å². The van der Waals surface area contributed by atoms with Gasteiger partial charge in [-0.25, -0.2) is 4.68 Å². The standard InChI is InChI=1S/C19H16N6O3/c1-28-13-8-6-12(7-9-13)10-25-11-16(21-24-25)18(26)23-22-17-14-4-2-3-5-15(14)20-19(17)27/h2-9,11,20,27H,10H2,1H3. The summed E-state index contributed by atoms with van der Waals surface area (Å²) in [6.45, 7) is 0.449. The first kappa shape index (κ1) is 17.4. The Kier molecular flexibility index (Phi) is 4.55. The lowest BCUT2D eigenvalue weighted by Gasteiger charge is -2.02. The second-order valence-corrected chi connectivity index (χ2v) is 6.02. The van der Waals surface area contributed by atoms with Gasteiger partial charge in [-0.05, 0) is 23.8 Å². The Balaban J connectivity index is 1.49. The average Bonchev–Trinajstić information content (AvgIpc) is 3.30. The van der Waals surface area contributed by atoms with Crippen molar-refractivity contribution in [2.75, 3.05) is 7.11 Å². The van der Waals surface area contributed by atoms with Crippen molar-refractivity contribution in [3.05, 3.63) is 66.0 Å². The molecule has 0 atom stereocenters. The molecule has 0 saturated heterocycles. The van der Waals surface area contributed by atoms with Crippen LogP contribution in [0.2, 0.25) is 0 Å². The van der Waals surface area contributed by atoms with Crippen LogP contribution in [0.25, 0.3) is 10.9 Å². The molecule has 0 aliphatic carbocycles. The average molecular weight is 376 g/mol. The van der Waals surface area contributed by atoms with E-state index in [1.165, 1.54) is 10.9 Å². The van der Waals surface area contributed by atoms with E-state index in [9.17, 15) is 9.90 Å².